The summed E-state index contributed by atoms with van der Waals surface area (Å²) in [7, 11) is 0. The highest BCUT2D eigenvalue weighted by Crippen LogP contribution is 2.24. The lowest BCUT2D eigenvalue weighted by molar-refractivity contribution is 0.160. The van der Waals surface area contributed by atoms with E-state index in [0.717, 1.165) is 29.1 Å². The summed E-state index contributed by atoms with van der Waals surface area (Å²) in [6.07, 6.45) is 0.807. The van der Waals surface area contributed by atoms with E-state index < -0.39 is 5.44 Å². The maximum absolute atomic E-state index is 9.20. The summed E-state index contributed by atoms with van der Waals surface area (Å²) in [6.45, 7) is 7.31. The van der Waals surface area contributed by atoms with Crippen LogP contribution in [0.3, 0.4) is 0 Å². The normalized spacial score (nSPS) is 11.7. The highest BCUT2D eigenvalue weighted by molar-refractivity contribution is 7.99. The van der Waals surface area contributed by atoms with Gasteiger partial charge in [0, 0.05) is 0 Å². The molecule has 0 radical (unpaired) electrons. The third kappa shape index (κ3) is 5.61. The minimum atomic E-state index is -0.705. The van der Waals surface area contributed by atoms with Crippen LogP contribution in [-0.2, 0) is 0 Å². The number of hydrogen-bond donors (Lipinski definition) is 2. The molecule has 1 unspecified atom stereocenters. The summed E-state index contributed by atoms with van der Waals surface area (Å²) in [6, 6.07) is 15.3. The van der Waals surface area contributed by atoms with E-state index in [1.54, 1.807) is 0 Å². The number of ether oxygens (including phenoxy) is 1. The van der Waals surface area contributed by atoms with E-state index in [1.807, 2.05) is 48.5 Å². The molecule has 0 spiro atoms. The molecule has 0 aliphatic carbocycles. The van der Waals surface area contributed by atoms with Gasteiger partial charge in [-0.25, -0.2) is 4.85 Å². The van der Waals surface area contributed by atoms with E-state index in [-0.39, 0.29) is 6.61 Å². The number of aliphatic hydroxyl groups is 2. The number of aliphatic hydroxyl groups excluding tert-OH is 2. The van der Waals surface area contributed by atoms with Gasteiger partial charge in [-0.05, 0) is 35.4 Å². The molecule has 0 aliphatic heterocycles. The summed E-state index contributed by atoms with van der Waals surface area (Å²) in [4.78, 5) is 3.38. The Morgan fingerprint density at radius 1 is 1.04 bits per heavy atom. The first-order valence-electron chi connectivity index (χ1n) is 7.34. The third-order valence-corrected chi connectivity index (χ3v) is 4.27. The molecule has 2 aromatic rings. The Morgan fingerprint density at radius 3 is 2.22 bits per heavy atom. The molecule has 0 saturated carbocycles. The van der Waals surface area contributed by atoms with Crippen LogP contribution in [0.4, 0.5) is 5.69 Å². The average molecular weight is 329 g/mol. The molecule has 120 valence electrons. The summed E-state index contributed by atoms with van der Waals surface area (Å²) in [5, 5.41) is 17.9. The van der Waals surface area contributed by atoms with Crippen LogP contribution in [0.25, 0.3) is 16.0 Å². The van der Waals surface area contributed by atoms with Crippen LogP contribution in [0.5, 0.6) is 5.75 Å². The van der Waals surface area contributed by atoms with Crippen LogP contribution in [0.1, 0.15) is 6.42 Å². The van der Waals surface area contributed by atoms with Gasteiger partial charge in [0.1, 0.15) is 11.2 Å². The smallest absolute Gasteiger partial charge is 0.187 e. The molecular weight excluding hydrogens is 310 g/mol. The lowest BCUT2D eigenvalue weighted by Crippen LogP contribution is -2.08. The summed E-state index contributed by atoms with van der Waals surface area (Å²) < 4.78 is 5.65. The second kappa shape index (κ2) is 9.21. The van der Waals surface area contributed by atoms with Crippen molar-refractivity contribution >= 4 is 17.4 Å². The Morgan fingerprint density at radius 2 is 1.65 bits per heavy atom. The molecule has 2 aromatic carbocycles. The van der Waals surface area contributed by atoms with Gasteiger partial charge >= 0.3 is 0 Å². The number of thioether (sulfide) groups is 1. The summed E-state index contributed by atoms with van der Waals surface area (Å²) in [5.74, 6) is 1.55. The lowest BCUT2D eigenvalue weighted by atomic mass is 10.1. The standard InChI is InChI=1S/C18H19NO3S/c1-19-16-7-3-14(4-8-16)15-5-9-17(10-6-15)22-11-2-12-23-18(21)13-20/h3-10,18,20-21H,2,11-13H2. The van der Waals surface area contributed by atoms with Crippen molar-refractivity contribution in [2.24, 2.45) is 0 Å². The van der Waals surface area contributed by atoms with Crippen LogP contribution in [0.15, 0.2) is 48.5 Å². The molecule has 0 amide bonds. The number of benzene rings is 2. The van der Waals surface area contributed by atoms with Crippen LogP contribution in [0, 0.1) is 6.57 Å². The van der Waals surface area contributed by atoms with Crippen molar-refractivity contribution in [2.75, 3.05) is 19.0 Å². The number of nitrogens with zero attached hydrogens (tertiary/aromatic N) is 1. The van der Waals surface area contributed by atoms with Gasteiger partial charge < -0.3 is 14.9 Å². The topological polar surface area (TPSA) is 54.0 Å². The highest BCUT2D eigenvalue weighted by Gasteiger charge is 2.02. The molecule has 5 heteroatoms. The zero-order chi connectivity index (χ0) is 16.5. The van der Waals surface area contributed by atoms with Gasteiger partial charge in [-0.3, -0.25) is 0 Å². The Kier molecular flexibility index (Phi) is 6.95. The number of hydrogen-bond acceptors (Lipinski definition) is 4. The van der Waals surface area contributed by atoms with Gasteiger partial charge in [0.05, 0.1) is 19.8 Å². The van der Waals surface area contributed by atoms with Gasteiger partial charge in [0.25, 0.3) is 0 Å². The van der Waals surface area contributed by atoms with Gasteiger partial charge in [-0.15, -0.1) is 11.8 Å². The molecule has 4 nitrogen and oxygen atoms in total. The fraction of sp³-hybridized carbons (Fsp3) is 0.278. The molecule has 2 rings (SSSR count). The van der Waals surface area contributed by atoms with Crippen molar-refractivity contribution in [1.29, 1.82) is 0 Å². The van der Waals surface area contributed by atoms with Crippen molar-refractivity contribution in [3.8, 4) is 16.9 Å². The Labute approximate surface area is 140 Å². The molecule has 0 aromatic heterocycles. The van der Waals surface area contributed by atoms with E-state index in [2.05, 4.69) is 4.85 Å². The van der Waals surface area contributed by atoms with E-state index >= 15 is 0 Å². The van der Waals surface area contributed by atoms with Gasteiger partial charge in [0.15, 0.2) is 5.69 Å². The molecule has 0 heterocycles. The van der Waals surface area contributed by atoms with E-state index in [4.69, 9.17) is 16.4 Å². The zero-order valence-electron chi connectivity index (χ0n) is 12.7. The third-order valence-electron chi connectivity index (χ3n) is 3.21. The van der Waals surface area contributed by atoms with Crippen LogP contribution < -0.4 is 4.74 Å². The predicted octanol–water partition coefficient (Wildman–Crippen LogP) is 3.72. The Bertz CT molecular complexity index is 635. The predicted molar refractivity (Wildman–Crippen MR) is 93.8 cm³/mol. The van der Waals surface area contributed by atoms with Gasteiger partial charge in [-0.2, -0.15) is 0 Å². The molecule has 23 heavy (non-hydrogen) atoms. The lowest BCUT2D eigenvalue weighted by Gasteiger charge is -2.09. The van der Waals surface area contributed by atoms with Crippen molar-refractivity contribution in [3.63, 3.8) is 0 Å². The molecular formula is C18H19NO3S. The van der Waals surface area contributed by atoms with E-state index in [9.17, 15) is 5.11 Å². The van der Waals surface area contributed by atoms with Crippen molar-refractivity contribution in [1.82, 2.24) is 0 Å². The quantitative estimate of drug-likeness (QED) is 0.440. The molecule has 0 aliphatic rings. The Hall–Kier alpha value is -2.00. The van der Waals surface area contributed by atoms with E-state index in [1.165, 1.54) is 11.8 Å². The van der Waals surface area contributed by atoms with Crippen LogP contribution >= 0.6 is 11.8 Å². The van der Waals surface area contributed by atoms with Crippen molar-refractivity contribution < 1.29 is 14.9 Å². The SMILES string of the molecule is [C-]#[N+]c1ccc(-c2ccc(OCCCSC(O)CO)cc2)cc1. The summed E-state index contributed by atoms with van der Waals surface area (Å²) in [5.41, 5.74) is 2.08. The van der Waals surface area contributed by atoms with Crippen LogP contribution in [0.2, 0.25) is 0 Å². The second-order valence-corrected chi connectivity index (χ2v) is 6.18. The van der Waals surface area contributed by atoms with Crippen LogP contribution in [-0.4, -0.2) is 34.6 Å². The maximum Gasteiger partial charge on any atom is 0.187 e. The van der Waals surface area contributed by atoms with Gasteiger partial charge in [0.2, 0.25) is 0 Å². The first-order chi connectivity index (χ1) is 11.2. The molecule has 2 N–H and O–H groups in total. The van der Waals surface area contributed by atoms with Crippen molar-refractivity contribution in [2.45, 2.75) is 11.9 Å². The fourth-order valence-electron chi connectivity index (χ4n) is 1.99. The summed E-state index contributed by atoms with van der Waals surface area (Å²) >= 11 is 1.32. The van der Waals surface area contributed by atoms with Gasteiger partial charge in [-0.1, -0.05) is 36.4 Å². The Balaban J connectivity index is 1.81. The molecule has 0 saturated heterocycles. The van der Waals surface area contributed by atoms with E-state index in [0.29, 0.717) is 12.3 Å². The second-order valence-electron chi connectivity index (χ2n) is 4.89. The molecule has 0 bridgehead atoms. The zero-order valence-corrected chi connectivity index (χ0v) is 13.5. The monoisotopic (exact) mass is 329 g/mol. The van der Waals surface area contributed by atoms with Crippen molar-refractivity contribution in [3.05, 3.63) is 59.9 Å². The number of rotatable bonds is 8. The maximum atomic E-state index is 9.20. The first kappa shape index (κ1) is 17.4. The highest BCUT2D eigenvalue weighted by atomic mass is 32.2. The minimum absolute atomic E-state index is 0.218. The largest absolute Gasteiger partial charge is 0.494 e. The first-order valence-corrected chi connectivity index (χ1v) is 8.39. The molecule has 0 fully saturated rings. The average Bonchev–Trinajstić information content (AvgIpc) is 2.62. The fourth-order valence-corrected chi connectivity index (χ4v) is 2.66. The minimum Gasteiger partial charge on any atom is -0.494 e. The molecule has 1 atom stereocenters.